The van der Waals surface area contributed by atoms with Crippen LogP contribution in [0.2, 0.25) is 0 Å². The second-order valence-electron chi connectivity index (χ2n) is 3.02. The summed E-state index contributed by atoms with van der Waals surface area (Å²) in [5.74, 6) is 0. The van der Waals surface area contributed by atoms with Crippen LogP contribution >= 0.6 is 11.6 Å². The smallest absolute Gasteiger partial charge is 0.407 e. The van der Waals surface area contributed by atoms with Crippen molar-refractivity contribution in [2.24, 2.45) is 0 Å². The predicted octanol–water partition coefficient (Wildman–Crippen LogP) is 1.03. The molecule has 0 aromatic rings. The average Bonchev–Trinajstić information content (AvgIpc) is 2.03. The minimum absolute atomic E-state index is 0.144. The summed E-state index contributed by atoms with van der Waals surface area (Å²) in [6.07, 6.45) is -0.950. The highest BCUT2D eigenvalue weighted by Crippen LogP contribution is 2.11. The van der Waals surface area contributed by atoms with E-state index in [-0.39, 0.29) is 6.04 Å². The highest BCUT2D eigenvalue weighted by molar-refractivity contribution is 6.62. The Morgan fingerprint density at radius 2 is 2.08 bits per heavy atom. The van der Waals surface area contributed by atoms with E-state index in [1.54, 1.807) is 6.92 Å². The first-order valence-electron chi connectivity index (χ1n) is 3.96. The zero-order chi connectivity index (χ0) is 10.0. The fraction of sp³-hybridized carbons (Fsp3) is 0.714. The van der Waals surface area contributed by atoms with Crippen LogP contribution in [0.15, 0.2) is 0 Å². The van der Waals surface area contributed by atoms with Crippen LogP contribution < -0.4 is 0 Å². The van der Waals surface area contributed by atoms with E-state index in [4.69, 9.17) is 16.7 Å². The molecule has 1 aliphatic heterocycles. The molecular formula is C7H11ClN2O3. The molecule has 0 aliphatic carbocycles. The van der Waals surface area contributed by atoms with E-state index in [2.05, 4.69) is 0 Å². The van der Waals surface area contributed by atoms with E-state index in [9.17, 15) is 9.59 Å². The molecule has 13 heavy (non-hydrogen) atoms. The molecule has 0 unspecified atom stereocenters. The van der Waals surface area contributed by atoms with Gasteiger partial charge in [-0.05, 0) is 18.5 Å². The van der Waals surface area contributed by atoms with Crippen LogP contribution in [-0.4, -0.2) is 52.0 Å². The summed E-state index contributed by atoms with van der Waals surface area (Å²) in [6.45, 7) is 2.80. The molecule has 5 nitrogen and oxygen atoms in total. The summed E-state index contributed by atoms with van der Waals surface area (Å²) < 4.78 is 0. The molecule has 2 amide bonds. The first-order chi connectivity index (χ1) is 6.02. The molecule has 1 fully saturated rings. The molecule has 1 atom stereocenters. The molecule has 6 heteroatoms. The lowest BCUT2D eigenvalue weighted by Crippen LogP contribution is -2.53. The van der Waals surface area contributed by atoms with Crippen molar-refractivity contribution >= 4 is 23.1 Å². The van der Waals surface area contributed by atoms with Gasteiger partial charge in [0.05, 0.1) is 0 Å². The van der Waals surface area contributed by atoms with Crippen LogP contribution in [-0.2, 0) is 0 Å². The van der Waals surface area contributed by atoms with Gasteiger partial charge in [-0.15, -0.1) is 0 Å². The lowest BCUT2D eigenvalue weighted by molar-refractivity contribution is 0.0951. The van der Waals surface area contributed by atoms with Gasteiger partial charge in [-0.25, -0.2) is 4.79 Å². The van der Waals surface area contributed by atoms with E-state index < -0.39 is 11.5 Å². The molecule has 1 N–H and O–H groups in total. The number of rotatable bonds is 0. The molecule has 74 valence electrons. The normalized spacial score (nSPS) is 23.1. The molecular weight excluding hydrogens is 196 g/mol. The number of carboxylic acid groups (broad SMARTS) is 1. The Kier molecular flexibility index (Phi) is 2.98. The van der Waals surface area contributed by atoms with E-state index in [0.29, 0.717) is 19.6 Å². The van der Waals surface area contributed by atoms with Gasteiger partial charge >= 0.3 is 11.5 Å². The maximum Gasteiger partial charge on any atom is 0.407 e. The number of carbonyl (C=O) groups excluding carboxylic acids is 1. The van der Waals surface area contributed by atoms with E-state index >= 15 is 0 Å². The Bertz CT molecular complexity index is 234. The molecule has 1 saturated heterocycles. The van der Waals surface area contributed by atoms with Crippen LogP contribution in [0.4, 0.5) is 9.59 Å². The third-order valence-corrected chi connectivity index (χ3v) is 2.34. The van der Waals surface area contributed by atoms with Gasteiger partial charge in [-0.3, -0.25) is 4.79 Å². The number of piperazine rings is 1. The lowest BCUT2D eigenvalue weighted by atomic mass is 10.2. The molecule has 0 radical (unpaired) electrons. The van der Waals surface area contributed by atoms with E-state index in [0.717, 1.165) is 0 Å². The lowest BCUT2D eigenvalue weighted by Gasteiger charge is -2.37. The van der Waals surface area contributed by atoms with Crippen LogP contribution in [0.1, 0.15) is 6.92 Å². The topological polar surface area (TPSA) is 60.9 Å². The largest absolute Gasteiger partial charge is 0.465 e. The molecule has 1 rings (SSSR count). The van der Waals surface area contributed by atoms with Gasteiger partial charge in [-0.1, -0.05) is 0 Å². The molecule has 0 spiro atoms. The number of amides is 2. The SMILES string of the molecule is C[C@@H]1CN(C(=O)O)CCN1C(=O)Cl. The van der Waals surface area contributed by atoms with Gasteiger partial charge in [0.2, 0.25) is 0 Å². The number of nitrogens with zero attached hydrogens (tertiary/aromatic N) is 2. The van der Waals surface area contributed by atoms with E-state index in [1.807, 2.05) is 0 Å². The second-order valence-corrected chi connectivity index (χ2v) is 3.35. The standard InChI is InChI=1S/C7H11ClN2O3/c1-5-4-9(7(12)13)2-3-10(5)6(8)11/h5H,2-4H2,1H3,(H,12,13)/t5-/m1/s1. The van der Waals surface area contributed by atoms with Gasteiger partial charge < -0.3 is 14.9 Å². The highest BCUT2D eigenvalue weighted by Gasteiger charge is 2.28. The minimum atomic E-state index is -0.950. The van der Waals surface area contributed by atoms with Gasteiger partial charge in [0.25, 0.3) is 0 Å². The zero-order valence-electron chi connectivity index (χ0n) is 7.23. The Morgan fingerprint density at radius 1 is 1.46 bits per heavy atom. The van der Waals surface area contributed by atoms with Crippen molar-refractivity contribution in [1.82, 2.24) is 9.80 Å². The Morgan fingerprint density at radius 3 is 2.46 bits per heavy atom. The Hall–Kier alpha value is -0.970. The maximum atomic E-state index is 10.8. The second kappa shape index (κ2) is 3.83. The molecule has 0 bridgehead atoms. The van der Waals surface area contributed by atoms with Crippen molar-refractivity contribution in [2.45, 2.75) is 13.0 Å². The minimum Gasteiger partial charge on any atom is -0.465 e. The van der Waals surface area contributed by atoms with Crippen molar-refractivity contribution < 1.29 is 14.7 Å². The van der Waals surface area contributed by atoms with Crippen LogP contribution in [0.3, 0.4) is 0 Å². The number of hydrogen-bond donors (Lipinski definition) is 1. The molecule has 0 aromatic carbocycles. The maximum absolute atomic E-state index is 10.8. The monoisotopic (exact) mass is 206 g/mol. The summed E-state index contributed by atoms with van der Waals surface area (Å²) in [7, 11) is 0. The van der Waals surface area contributed by atoms with Crippen molar-refractivity contribution in [3.8, 4) is 0 Å². The van der Waals surface area contributed by atoms with Crippen molar-refractivity contribution in [2.75, 3.05) is 19.6 Å². The Labute approximate surface area is 80.9 Å². The number of carbonyl (C=O) groups is 2. The fourth-order valence-corrected chi connectivity index (χ4v) is 1.64. The molecule has 0 aromatic heterocycles. The van der Waals surface area contributed by atoms with Crippen LogP contribution in [0.25, 0.3) is 0 Å². The average molecular weight is 207 g/mol. The summed E-state index contributed by atoms with van der Waals surface area (Å²) in [6, 6.07) is -0.144. The quantitative estimate of drug-likeness (QED) is 0.476. The summed E-state index contributed by atoms with van der Waals surface area (Å²) >= 11 is 5.30. The van der Waals surface area contributed by atoms with Gasteiger partial charge in [0.15, 0.2) is 0 Å². The number of halogens is 1. The molecule has 1 heterocycles. The van der Waals surface area contributed by atoms with Crippen molar-refractivity contribution in [1.29, 1.82) is 0 Å². The third kappa shape index (κ3) is 2.24. The fourth-order valence-electron chi connectivity index (χ4n) is 1.39. The van der Waals surface area contributed by atoms with Crippen LogP contribution in [0, 0.1) is 0 Å². The van der Waals surface area contributed by atoms with Crippen molar-refractivity contribution in [3.05, 3.63) is 0 Å². The van der Waals surface area contributed by atoms with Crippen molar-refractivity contribution in [3.63, 3.8) is 0 Å². The number of hydrogen-bond acceptors (Lipinski definition) is 2. The van der Waals surface area contributed by atoms with E-state index in [1.165, 1.54) is 9.80 Å². The third-order valence-electron chi connectivity index (χ3n) is 2.12. The highest BCUT2D eigenvalue weighted by atomic mass is 35.5. The first kappa shape index (κ1) is 10.1. The Balaban J connectivity index is 2.56. The van der Waals surface area contributed by atoms with Gasteiger partial charge in [0.1, 0.15) is 0 Å². The van der Waals surface area contributed by atoms with Crippen LogP contribution in [0.5, 0.6) is 0 Å². The predicted molar refractivity (Wildman–Crippen MR) is 47.0 cm³/mol. The summed E-state index contributed by atoms with van der Waals surface area (Å²) in [5.41, 5.74) is 0. The summed E-state index contributed by atoms with van der Waals surface area (Å²) in [4.78, 5) is 24.1. The summed E-state index contributed by atoms with van der Waals surface area (Å²) in [5, 5.41) is 8.15. The van der Waals surface area contributed by atoms with Gasteiger partial charge in [0, 0.05) is 25.7 Å². The first-order valence-corrected chi connectivity index (χ1v) is 4.34. The van der Waals surface area contributed by atoms with Gasteiger partial charge in [-0.2, -0.15) is 0 Å². The zero-order valence-corrected chi connectivity index (χ0v) is 7.99. The molecule has 1 aliphatic rings. The molecule has 0 saturated carbocycles.